The van der Waals surface area contributed by atoms with Crippen LogP contribution in [0.1, 0.15) is 37.3 Å². The molecule has 2 aromatic rings. The molecule has 0 aliphatic heterocycles. The topological polar surface area (TPSA) is 29.1 Å². The first-order chi connectivity index (χ1) is 10.7. The summed E-state index contributed by atoms with van der Waals surface area (Å²) in [7, 11) is 0. The Balaban J connectivity index is 1.83. The van der Waals surface area contributed by atoms with E-state index >= 15 is 0 Å². The summed E-state index contributed by atoms with van der Waals surface area (Å²) in [6.45, 7) is 2.19. The van der Waals surface area contributed by atoms with E-state index in [4.69, 9.17) is 11.6 Å². The van der Waals surface area contributed by atoms with Gasteiger partial charge in [-0.05, 0) is 48.6 Å². The number of aryl methyl sites for hydroxylation is 2. The molecule has 0 bridgehead atoms. The molecule has 0 saturated heterocycles. The van der Waals surface area contributed by atoms with Crippen molar-refractivity contribution in [1.29, 1.82) is 0 Å². The van der Waals surface area contributed by atoms with Crippen molar-refractivity contribution in [3.63, 3.8) is 0 Å². The summed E-state index contributed by atoms with van der Waals surface area (Å²) in [5.74, 6) is 0.0150. The molecule has 0 fully saturated rings. The van der Waals surface area contributed by atoms with Crippen molar-refractivity contribution >= 4 is 23.2 Å². The maximum atomic E-state index is 12.0. The van der Waals surface area contributed by atoms with Crippen LogP contribution in [-0.4, -0.2) is 5.91 Å². The van der Waals surface area contributed by atoms with Crippen LogP contribution in [0.5, 0.6) is 0 Å². The zero-order valence-electron chi connectivity index (χ0n) is 12.9. The molecule has 0 atom stereocenters. The van der Waals surface area contributed by atoms with Crippen LogP contribution in [0.25, 0.3) is 0 Å². The third-order valence-corrected chi connectivity index (χ3v) is 4.00. The molecule has 0 radical (unpaired) electrons. The minimum atomic E-state index is 0.0150. The molecule has 0 heterocycles. The molecular weight excluding hydrogens is 294 g/mol. The largest absolute Gasteiger partial charge is 0.326 e. The number of rotatable bonds is 7. The fourth-order valence-electron chi connectivity index (χ4n) is 2.31. The van der Waals surface area contributed by atoms with Crippen LogP contribution >= 0.6 is 11.6 Å². The average molecular weight is 316 g/mol. The van der Waals surface area contributed by atoms with Crippen molar-refractivity contribution in [2.24, 2.45) is 0 Å². The number of hydrogen-bond acceptors (Lipinski definition) is 1. The van der Waals surface area contributed by atoms with Crippen molar-refractivity contribution in [3.05, 3.63) is 64.7 Å². The zero-order valence-corrected chi connectivity index (χ0v) is 13.7. The predicted octanol–water partition coefficient (Wildman–Crippen LogP) is 5.25. The van der Waals surface area contributed by atoms with E-state index in [0.29, 0.717) is 12.8 Å². The van der Waals surface area contributed by atoms with Gasteiger partial charge in [0.25, 0.3) is 0 Å². The Morgan fingerprint density at radius 3 is 2.45 bits per heavy atom. The first-order valence-corrected chi connectivity index (χ1v) is 8.19. The van der Waals surface area contributed by atoms with Crippen LogP contribution in [0, 0.1) is 0 Å². The molecule has 1 N–H and O–H groups in total. The van der Waals surface area contributed by atoms with Crippen molar-refractivity contribution in [2.75, 3.05) is 5.32 Å². The Morgan fingerprint density at radius 2 is 1.77 bits per heavy atom. The standard InChI is InChI=1S/C19H22ClNO/c1-2-3-6-15-9-12-17(13-10-15)21-19(22)14-11-16-7-4-5-8-18(16)20/h4-5,7-10,12-13H,2-3,6,11,14H2,1H3,(H,21,22). The number of nitrogens with one attached hydrogen (secondary N) is 1. The molecule has 2 nitrogen and oxygen atoms in total. The molecule has 0 aromatic heterocycles. The smallest absolute Gasteiger partial charge is 0.224 e. The van der Waals surface area contributed by atoms with E-state index in [9.17, 15) is 4.79 Å². The summed E-state index contributed by atoms with van der Waals surface area (Å²) in [6.07, 6.45) is 4.57. The molecule has 0 aliphatic rings. The minimum Gasteiger partial charge on any atom is -0.326 e. The highest BCUT2D eigenvalue weighted by Gasteiger charge is 2.05. The fourth-order valence-corrected chi connectivity index (χ4v) is 2.54. The molecule has 22 heavy (non-hydrogen) atoms. The van der Waals surface area contributed by atoms with E-state index in [2.05, 4.69) is 24.4 Å². The van der Waals surface area contributed by atoms with E-state index in [1.165, 1.54) is 18.4 Å². The van der Waals surface area contributed by atoms with Gasteiger partial charge in [0, 0.05) is 17.1 Å². The molecule has 0 spiro atoms. The number of benzene rings is 2. The van der Waals surface area contributed by atoms with Crippen molar-refractivity contribution < 1.29 is 4.79 Å². The molecule has 116 valence electrons. The predicted molar refractivity (Wildman–Crippen MR) is 93.5 cm³/mol. The normalized spacial score (nSPS) is 10.5. The molecular formula is C19H22ClNO. The van der Waals surface area contributed by atoms with Gasteiger partial charge in [-0.1, -0.05) is 55.3 Å². The van der Waals surface area contributed by atoms with Gasteiger partial charge < -0.3 is 5.32 Å². The third kappa shape index (κ3) is 5.19. The van der Waals surface area contributed by atoms with Crippen LogP contribution in [0.2, 0.25) is 5.02 Å². The summed E-state index contributed by atoms with van der Waals surface area (Å²) in [6, 6.07) is 15.7. The quantitative estimate of drug-likeness (QED) is 0.742. The van der Waals surface area contributed by atoms with Crippen LogP contribution < -0.4 is 5.32 Å². The summed E-state index contributed by atoms with van der Waals surface area (Å²) >= 11 is 6.10. The average Bonchev–Trinajstić information content (AvgIpc) is 2.53. The van der Waals surface area contributed by atoms with Crippen LogP contribution in [-0.2, 0) is 17.6 Å². The van der Waals surface area contributed by atoms with Gasteiger partial charge in [0.1, 0.15) is 0 Å². The number of hydrogen-bond donors (Lipinski definition) is 1. The monoisotopic (exact) mass is 315 g/mol. The lowest BCUT2D eigenvalue weighted by Gasteiger charge is -2.07. The second kappa shape index (κ2) is 8.60. The molecule has 0 saturated carbocycles. The van der Waals surface area contributed by atoms with Crippen LogP contribution in [0.4, 0.5) is 5.69 Å². The summed E-state index contributed by atoms with van der Waals surface area (Å²) in [5, 5.41) is 3.65. The van der Waals surface area contributed by atoms with Crippen molar-refractivity contribution in [1.82, 2.24) is 0 Å². The van der Waals surface area contributed by atoms with Gasteiger partial charge in [-0.3, -0.25) is 4.79 Å². The Bertz CT molecular complexity index is 607. The second-order valence-electron chi connectivity index (χ2n) is 5.44. The lowest BCUT2D eigenvalue weighted by Crippen LogP contribution is -2.12. The van der Waals surface area contributed by atoms with E-state index in [0.717, 1.165) is 22.7 Å². The van der Waals surface area contributed by atoms with Gasteiger partial charge in [0.05, 0.1) is 0 Å². The number of unbranched alkanes of at least 4 members (excludes halogenated alkanes) is 1. The van der Waals surface area contributed by atoms with Gasteiger partial charge in [-0.2, -0.15) is 0 Å². The van der Waals surface area contributed by atoms with Crippen molar-refractivity contribution in [3.8, 4) is 0 Å². The lowest BCUT2D eigenvalue weighted by atomic mass is 10.1. The summed E-state index contributed by atoms with van der Waals surface area (Å²) in [4.78, 5) is 12.0. The van der Waals surface area contributed by atoms with E-state index < -0.39 is 0 Å². The van der Waals surface area contributed by atoms with E-state index in [1.807, 2.05) is 36.4 Å². The highest BCUT2D eigenvalue weighted by Crippen LogP contribution is 2.17. The van der Waals surface area contributed by atoms with Gasteiger partial charge in [-0.25, -0.2) is 0 Å². The SMILES string of the molecule is CCCCc1ccc(NC(=O)CCc2ccccc2Cl)cc1. The Morgan fingerprint density at radius 1 is 1.05 bits per heavy atom. The van der Waals surface area contributed by atoms with Gasteiger partial charge in [0.2, 0.25) is 5.91 Å². The molecule has 3 heteroatoms. The first kappa shape index (κ1) is 16.6. The minimum absolute atomic E-state index is 0.0150. The lowest BCUT2D eigenvalue weighted by molar-refractivity contribution is -0.116. The number of halogens is 1. The van der Waals surface area contributed by atoms with E-state index in [-0.39, 0.29) is 5.91 Å². The Kier molecular flexibility index (Phi) is 6.47. The molecule has 0 unspecified atom stereocenters. The number of carbonyl (C=O) groups is 1. The Labute approximate surface area is 137 Å². The molecule has 1 amide bonds. The second-order valence-corrected chi connectivity index (χ2v) is 5.85. The highest BCUT2D eigenvalue weighted by atomic mass is 35.5. The first-order valence-electron chi connectivity index (χ1n) is 7.81. The number of amides is 1. The Hall–Kier alpha value is -1.80. The van der Waals surface area contributed by atoms with Gasteiger partial charge >= 0.3 is 0 Å². The molecule has 2 rings (SSSR count). The van der Waals surface area contributed by atoms with Crippen molar-refractivity contribution in [2.45, 2.75) is 39.0 Å². The third-order valence-electron chi connectivity index (χ3n) is 3.64. The maximum absolute atomic E-state index is 12.0. The summed E-state index contributed by atoms with van der Waals surface area (Å²) in [5.41, 5.74) is 3.18. The number of carbonyl (C=O) groups excluding carboxylic acids is 1. The fraction of sp³-hybridized carbons (Fsp3) is 0.316. The number of anilines is 1. The van der Waals surface area contributed by atoms with Crippen LogP contribution in [0.15, 0.2) is 48.5 Å². The highest BCUT2D eigenvalue weighted by molar-refractivity contribution is 6.31. The summed E-state index contributed by atoms with van der Waals surface area (Å²) < 4.78 is 0. The van der Waals surface area contributed by atoms with E-state index in [1.54, 1.807) is 0 Å². The zero-order chi connectivity index (χ0) is 15.8. The van der Waals surface area contributed by atoms with Gasteiger partial charge in [0.15, 0.2) is 0 Å². The molecule has 0 aliphatic carbocycles. The van der Waals surface area contributed by atoms with Crippen LogP contribution in [0.3, 0.4) is 0 Å². The maximum Gasteiger partial charge on any atom is 0.224 e. The molecule has 2 aromatic carbocycles. The van der Waals surface area contributed by atoms with Gasteiger partial charge in [-0.15, -0.1) is 0 Å².